The van der Waals surface area contributed by atoms with Gasteiger partial charge < -0.3 is 0 Å². The van der Waals surface area contributed by atoms with E-state index >= 15 is 0 Å². The monoisotopic (exact) mass is 544 g/mol. The quantitative estimate of drug-likeness (QED) is 0.126. The van der Waals surface area contributed by atoms with Crippen molar-refractivity contribution in [2.24, 2.45) is 0 Å². The summed E-state index contributed by atoms with van der Waals surface area (Å²) in [6, 6.07) is 16.0. The molecule has 4 aromatic carbocycles. The van der Waals surface area contributed by atoms with E-state index in [1.54, 1.807) is 0 Å². The number of hydrogen-bond donors (Lipinski definition) is 0. The third-order valence-corrected chi connectivity index (χ3v) is 6.34. The first-order valence-electron chi connectivity index (χ1n) is 11.4. The predicted molar refractivity (Wildman–Crippen MR) is 133 cm³/mol. The normalized spacial score (nSPS) is 12.2. The van der Waals surface area contributed by atoms with Gasteiger partial charge in [-0.25, -0.2) is 24.8 Å². The molecule has 0 unspecified atom stereocenters. The lowest BCUT2D eigenvalue weighted by Crippen LogP contribution is -2.14. The van der Waals surface area contributed by atoms with Gasteiger partial charge in [0.2, 0.25) is 11.6 Å². The molecule has 12 heteroatoms. The molecule has 0 radical (unpaired) electrons. The summed E-state index contributed by atoms with van der Waals surface area (Å²) in [7, 11) is 0. The molecule has 0 saturated carbocycles. The van der Waals surface area contributed by atoms with Gasteiger partial charge in [0.15, 0.2) is 5.69 Å². The molecule has 0 atom stereocenters. The minimum atomic E-state index is -4.93. The average Bonchev–Trinajstić information content (AvgIpc) is 2.94. The second-order valence-corrected chi connectivity index (χ2v) is 8.77. The molecular weight excluding hydrogens is 534 g/mol. The summed E-state index contributed by atoms with van der Waals surface area (Å²) < 4.78 is 83.5. The Balaban J connectivity index is 1.81. The lowest BCUT2D eigenvalue weighted by molar-refractivity contribution is -0.145. The molecular formula is C28H10F6N6. The Morgan fingerprint density at radius 3 is 1.45 bits per heavy atom. The molecule has 0 N–H and O–H groups in total. The molecule has 6 aromatic rings. The maximum Gasteiger partial charge on any atom is 0.451 e. The van der Waals surface area contributed by atoms with E-state index in [9.17, 15) is 26.3 Å². The SMILES string of the molecule is [C-]#[N+]c1ccc(-c2cc3nc(C(F)(F)F)nc4c(-c5ccc(C#N)cc5)cc5nc(C(F)(F)F)nc2c5c34)cc1. The van der Waals surface area contributed by atoms with E-state index in [4.69, 9.17) is 11.8 Å². The van der Waals surface area contributed by atoms with Gasteiger partial charge in [-0.1, -0.05) is 36.4 Å². The standard InChI is InChI=1S/C28H10F6N6/c1-36-16-8-6-15(7-9-16)18-11-20-21-22-19(37-26(28(32,33)34)40-24(18)22)10-17(14-4-2-13(12-35)3-5-14)23(21)39-25(38-20)27(29,30)31/h2-11H. The second-order valence-electron chi connectivity index (χ2n) is 8.77. The highest BCUT2D eigenvalue weighted by molar-refractivity contribution is 6.25. The molecule has 0 aliphatic rings. The van der Waals surface area contributed by atoms with Crippen LogP contribution in [0.4, 0.5) is 32.0 Å². The zero-order chi connectivity index (χ0) is 28.4. The van der Waals surface area contributed by atoms with Gasteiger partial charge in [0.1, 0.15) is 0 Å². The zero-order valence-electron chi connectivity index (χ0n) is 19.7. The van der Waals surface area contributed by atoms with E-state index in [0.717, 1.165) is 0 Å². The topological polar surface area (TPSA) is 79.7 Å². The minimum absolute atomic E-state index is 0.0649. The third kappa shape index (κ3) is 3.98. The maximum absolute atomic E-state index is 13.9. The summed E-state index contributed by atoms with van der Waals surface area (Å²) >= 11 is 0. The molecule has 40 heavy (non-hydrogen) atoms. The maximum atomic E-state index is 13.9. The van der Waals surface area contributed by atoms with Crippen LogP contribution in [0.5, 0.6) is 0 Å². The van der Waals surface area contributed by atoms with E-state index in [0.29, 0.717) is 11.1 Å². The molecule has 6 nitrogen and oxygen atoms in total. The van der Waals surface area contributed by atoms with Gasteiger partial charge >= 0.3 is 12.4 Å². The van der Waals surface area contributed by atoms with Crippen LogP contribution in [-0.2, 0) is 12.4 Å². The van der Waals surface area contributed by atoms with Crippen molar-refractivity contribution in [1.29, 1.82) is 5.26 Å². The van der Waals surface area contributed by atoms with Gasteiger partial charge in [-0.3, -0.25) is 0 Å². The Morgan fingerprint density at radius 1 is 0.650 bits per heavy atom. The van der Waals surface area contributed by atoms with Crippen LogP contribution in [0.2, 0.25) is 0 Å². The van der Waals surface area contributed by atoms with Crippen molar-refractivity contribution < 1.29 is 26.3 Å². The van der Waals surface area contributed by atoms with Gasteiger partial charge in [-0.05, 0) is 35.4 Å². The third-order valence-electron chi connectivity index (χ3n) is 6.34. The van der Waals surface area contributed by atoms with Crippen molar-refractivity contribution in [3.8, 4) is 28.3 Å². The highest BCUT2D eigenvalue weighted by Gasteiger charge is 2.38. The van der Waals surface area contributed by atoms with Crippen molar-refractivity contribution >= 4 is 38.5 Å². The lowest BCUT2D eigenvalue weighted by atomic mass is 9.92. The number of alkyl halides is 6. The zero-order valence-corrected chi connectivity index (χ0v) is 19.7. The largest absolute Gasteiger partial charge is 0.451 e. The van der Waals surface area contributed by atoms with Crippen LogP contribution in [0.1, 0.15) is 17.2 Å². The van der Waals surface area contributed by atoms with Crippen molar-refractivity contribution in [3.63, 3.8) is 0 Å². The van der Waals surface area contributed by atoms with Crippen LogP contribution < -0.4 is 0 Å². The average molecular weight is 544 g/mol. The second kappa shape index (κ2) is 8.58. The van der Waals surface area contributed by atoms with Gasteiger partial charge in [-0.2, -0.15) is 31.6 Å². The summed E-state index contributed by atoms with van der Waals surface area (Å²) in [5.74, 6) is -2.86. The van der Waals surface area contributed by atoms with E-state index in [1.165, 1.54) is 60.7 Å². The summed E-state index contributed by atoms with van der Waals surface area (Å²) in [4.78, 5) is 18.4. The van der Waals surface area contributed by atoms with Crippen LogP contribution >= 0.6 is 0 Å². The molecule has 2 heterocycles. The summed E-state index contributed by atoms with van der Waals surface area (Å²) in [6.45, 7) is 7.14. The molecule has 2 aromatic heterocycles. The Kier molecular flexibility index (Phi) is 5.35. The number of nitriles is 1. The first kappa shape index (κ1) is 24.9. The first-order chi connectivity index (χ1) is 19.0. The molecule has 0 saturated heterocycles. The molecule has 0 amide bonds. The Bertz CT molecular complexity index is 1880. The Morgan fingerprint density at radius 2 is 1.07 bits per heavy atom. The summed E-state index contributed by atoms with van der Waals surface area (Å²) in [5, 5.41) is 9.26. The molecule has 0 fully saturated rings. The van der Waals surface area contributed by atoms with Crippen molar-refractivity contribution in [2.75, 3.05) is 0 Å². The molecule has 194 valence electrons. The van der Waals surface area contributed by atoms with Crippen molar-refractivity contribution in [3.05, 3.63) is 89.3 Å². The van der Waals surface area contributed by atoms with Crippen LogP contribution in [0.3, 0.4) is 0 Å². The van der Waals surface area contributed by atoms with E-state index in [1.807, 2.05) is 6.07 Å². The van der Waals surface area contributed by atoms with Crippen molar-refractivity contribution in [2.45, 2.75) is 12.4 Å². The number of benzene rings is 4. The van der Waals surface area contributed by atoms with Gasteiger partial charge in [0.05, 0.1) is 40.3 Å². The van der Waals surface area contributed by atoms with Crippen LogP contribution in [-0.4, -0.2) is 19.9 Å². The van der Waals surface area contributed by atoms with Gasteiger partial charge in [0, 0.05) is 21.9 Å². The van der Waals surface area contributed by atoms with Crippen molar-refractivity contribution in [1.82, 2.24) is 19.9 Å². The fourth-order valence-corrected chi connectivity index (χ4v) is 4.59. The number of nitrogens with zero attached hydrogens (tertiary/aromatic N) is 6. The van der Waals surface area contributed by atoms with Gasteiger partial charge in [-0.15, -0.1) is 0 Å². The van der Waals surface area contributed by atoms with E-state index in [2.05, 4.69) is 24.8 Å². The molecule has 6 rings (SSSR count). The Labute approximate surface area is 220 Å². The van der Waals surface area contributed by atoms with Crippen LogP contribution in [0, 0.1) is 17.9 Å². The number of halogens is 6. The molecule has 0 bridgehead atoms. The van der Waals surface area contributed by atoms with Crippen LogP contribution in [0.25, 0.3) is 59.9 Å². The highest BCUT2D eigenvalue weighted by atomic mass is 19.4. The molecule has 0 aliphatic carbocycles. The Hall–Kier alpha value is -5.36. The smallest absolute Gasteiger partial charge is 0.238 e. The fourth-order valence-electron chi connectivity index (χ4n) is 4.59. The summed E-state index contributed by atoms with van der Waals surface area (Å²) in [6.07, 6.45) is -9.85. The predicted octanol–water partition coefficient (Wildman–Crippen LogP) is 7.96. The fraction of sp³-hybridized carbons (Fsp3) is 0.0714. The number of rotatable bonds is 2. The number of hydrogen-bond acceptors (Lipinski definition) is 5. The molecule has 0 aliphatic heterocycles. The summed E-state index contributed by atoms with van der Waals surface area (Å²) in [5.41, 5.74) is 0.702. The van der Waals surface area contributed by atoms with Crippen LogP contribution in [0.15, 0.2) is 60.7 Å². The highest BCUT2D eigenvalue weighted by Crippen LogP contribution is 2.44. The van der Waals surface area contributed by atoms with E-state index < -0.39 is 24.0 Å². The minimum Gasteiger partial charge on any atom is -0.238 e. The lowest BCUT2D eigenvalue weighted by Gasteiger charge is -2.18. The molecule has 0 spiro atoms. The van der Waals surface area contributed by atoms with E-state index in [-0.39, 0.29) is 55.2 Å². The number of aromatic nitrogens is 4. The first-order valence-corrected chi connectivity index (χ1v) is 11.4. The van der Waals surface area contributed by atoms with Gasteiger partial charge in [0.25, 0.3) is 0 Å².